The maximum Gasteiger partial charge on any atom is 0.338 e. The van der Waals surface area contributed by atoms with Crippen LogP contribution in [0.3, 0.4) is 0 Å². The number of hydrogen-bond donors (Lipinski definition) is 1. The molecule has 0 aliphatic carbocycles. The summed E-state index contributed by atoms with van der Waals surface area (Å²) in [6, 6.07) is 12.7. The molecule has 0 saturated carbocycles. The lowest BCUT2D eigenvalue weighted by Gasteiger charge is -2.29. The van der Waals surface area contributed by atoms with E-state index in [2.05, 4.69) is 4.98 Å². The van der Waals surface area contributed by atoms with Crippen LogP contribution in [0, 0.1) is 0 Å². The van der Waals surface area contributed by atoms with Crippen LogP contribution in [0.25, 0.3) is 0 Å². The molecule has 0 bridgehead atoms. The van der Waals surface area contributed by atoms with Gasteiger partial charge in [0.25, 0.3) is 0 Å². The third-order valence-electron chi connectivity index (χ3n) is 5.10. The van der Waals surface area contributed by atoms with Crippen LogP contribution in [0.5, 0.6) is 23.0 Å². The molecule has 1 N–H and O–H groups in total. The number of pyridine rings is 1. The highest BCUT2D eigenvalue weighted by Gasteiger charge is 2.26. The van der Waals surface area contributed by atoms with Crippen molar-refractivity contribution in [3.05, 3.63) is 65.9 Å². The van der Waals surface area contributed by atoms with E-state index in [1.165, 1.54) is 26.4 Å². The molecule has 1 aromatic heterocycles. The standard InChI is InChI=1S/C25H28N2O8S/c1-16(2)17-9-10-23(26-15-17)27(36(30)31)19-13-18(25(29)33-4)14-22(34-12-11-28)24(19)35-21-8-6-5-7-20(21)32-3/h5-10,13-16,28H,11-12H2,1-4H3,(H,30,31)/p-1. The summed E-state index contributed by atoms with van der Waals surface area (Å²) in [5.74, 6) is 0.120. The molecule has 0 aliphatic heterocycles. The van der Waals surface area contributed by atoms with Crippen LogP contribution in [0.15, 0.2) is 54.7 Å². The number of aliphatic hydroxyl groups excluding tert-OH is 1. The first-order valence-corrected chi connectivity index (χ1v) is 12.0. The summed E-state index contributed by atoms with van der Waals surface area (Å²) in [7, 11) is 2.66. The summed E-state index contributed by atoms with van der Waals surface area (Å²) in [5.41, 5.74) is 0.855. The van der Waals surface area contributed by atoms with Gasteiger partial charge in [-0.05, 0) is 41.8 Å². The number of hydrogen-bond acceptors (Lipinski definition) is 9. The minimum Gasteiger partial charge on any atom is -0.755 e. The lowest BCUT2D eigenvalue weighted by atomic mass is 10.1. The van der Waals surface area contributed by atoms with Gasteiger partial charge in [-0.3, -0.25) is 8.51 Å². The van der Waals surface area contributed by atoms with Crippen molar-refractivity contribution in [3.8, 4) is 23.0 Å². The lowest BCUT2D eigenvalue weighted by Crippen LogP contribution is -2.22. The van der Waals surface area contributed by atoms with Gasteiger partial charge in [-0.15, -0.1) is 0 Å². The summed E-state index contributed by atoms with van der Waals surface area (Å²) in [4.78, 5) is 16.8. The van der Waals surface area contributed by atoms with Crippen molar-refractivity contribution in [1.82, 2.24) is 4.98 Å². The van der Waals surface area contributed by atoms with Crippen molar-refractivity contribution >= 4 is 28.7 Å². The summed E-state index contributed by atoms with van der Waals surface area (Å²) < 4.78 is 47.9. The molecule has 0 saturated heterocycles. The highest BCUT2D eigenvalue weighted by molar-refractivity contribution is 7.81. The third-order valence-corrected chi connectivity index (χ3v) is 5.78. The Hall–Kier alpha value is -3.67. The molecule has 1 atom stereocenters. The van der Waals surface area contributed by atoms with Gasteiger partial charge in [-0.25, -0.2) is 9.78 Å². The summed E-state index contributed by atoms with van der Waals surface area (Å²) >= 11 is -2.88. The Morgan fingerprint density at radius 1 is 1.11 bits per heavy atom. The number of ether oxygens (including phenoxy) is 4. The molecule has 11 heteroatoms. The second-order valence-electron chi connectivity index (χ2n) is 7.76. The Bertz CT molecular complexity index is 1220. The number of nitrogens with zero attached hydrogens (tertiary/aromatic N) is 2. The number of rotatable bonds is 11. The van der Waals surface area contributed by atoms with Gasteiger partial charge in [0.05, 0.1) is 37.7 Å². The van der Waals surface area contributed by atoms with Crippen LogP contribution in [-0.2, 0) is 16.0 Å². The second kappa shape index (κ2) is 12.3. The van der Waals surface area contributed by atoms with Crippen LogP contribution >= 0.6 is 0 Å². The second-order valence-corrected chi connectivity index (χ2v) is 8.55. The van der Waals surface area contributed by atoms with E-state index in [0.29, 0.717) is 5.75 Å². The van der Waals surface area contributed by atoms with Crippen LogP contribution in [0.4, 0.5) is 11.5 Å². The predicted molar refractivity (Wildman–Crippen MR) is 133 cm³/mol. The Balaban J connectivity index is 2.28. The molecule has 36 heavy (non-hydrogen) atoms. The van der Waals surface area contributed by atoms with Gasteiger partial charge in [0.15, 0.2) is 23.0 Å². The fourth-order valence-corrected chi connectivity index (χ4v) is 3.85. The average Bonchev–Trinajstić information content (AvgIpc) is 2.88. The molecule has 192 valence electrons. The number of carbonyl (C=O) groups is 1. The molecule has 1 unspecified atom stereocenters. The maximum atomic E-state index is 12.5. The van der Waals surface area contributed by atoms with E-state index >= 15 is 0 Å². The fourth-order valence-electron chi connectivity index (χ4n) is 3.29. The number of aliphatic hydroxyl groups is 1. The monoisotopic (exact) mass is 515 g/mol. The van der Waals surface area contributed by atoms with Gasteiger partial charge < -0.3 is 28.6 Å². The van der Waals surface area contributed by atoms with E-state index in [4.69, 9.17) is 18.9 Å². The molecular formula is C25H27N2O8S-. The number of carbonyl (C=O) groups excluding carboxylic acids is 1. The molecule has 1 heterocycles. The SMILES string of the molecule is COC(=O)c1cc(OCCO)c(Oc2ccccc2OC)c(N(c2ccc(C(C)C)cn2)S(=O)[O-])c1. The molecule has 0 aliphatic rings. The number of methoxy groups -OCH3 is 2. The highest BCUT2D eigenvalue weighted by atomic mass is 32.2. The molecular weight excluding hydrogens is 488 g/mol. The number of aromatic nitrogens is 1. The number of para-hydroxylation sites is 2. The van der Waals surface area contributed by atoms with Crippen LogP contribution < -0.4 is 18.5 Å². The molecule has 0 fully saturated rings. The van der Waals surface area contributed by atoms with E-state index < -0.39 is 17.2 Å². The predicted octanol–water partition coefficient (Wildman–Crippen LogP) is 4.10. The van der Waals surface area contributed by atoms with Crippen molar-refractivity contribution < 1.29 is 37.6 Å². The minimum absolute atomic E-state index is 0.00191. The van der Waals surface area contributed by atoms with Gasteiger partial charge in [0, 0.05) is 6.20 Å². The first kappa shape index (κ1) is 26.9. The first-order chi connectivity index (χ1) is 17.3. The zero-order valence-electron chi connectivity index (χ0n) is 20.3. The molecule has 0 spiro atoms. The molecule has 2 aromatic carbocycles. The molecule has 0 radical (unpaired) electrons. The van der Waals surface area contributed by atoms with Gasteiger partial charge in [0.2, 0.25) is 0 Å². The maximum absolute atomic E-state index is 12.5. The van der Waals surface area contributed by atoms with Crippen LogP contribution in [-0.4, -0.2) is 52.3 Å². The molecule has 3 rings (SSSR count). The Morgan fingerprint density at radius 2 is 1.83 bits per heavy atom. The Kier molecular flexibility index (Phi) is 9.23. The largest absolute Gasteiger partial charge is 0.755 e. The third kappa shape index (κ3) is 6.11. The van der Waals surface area contributed by atoms with Gasteiger partial charge in [-0.1, -0.05) is 32.0 Å². The average molecular weight is 516 g/mol. The van der Waals surface area contributed by atoms with E-state index in [0.717, 1.165) is 9.87 Å². The Morgan fingerprint density at radius 3 is 2.39 bits per heavy atom. The van der Waals surface area contributed by atoms with Crippen molar-refractivity contribution in [2.45, 2.75) is 19.8 Å². The van der Waals surface area contributed by atoms with Crippen molar-refractivity contribution in [1.29, 1.82) is 0 Å². The van der Waals surface area contributed by atoms with Gasteiger partial charge in [0.1, 0.15) is 18.1 Å². The van der Waals surface area contributed by atoms with Crippen molar-refractivity contribution in [3.63, 3.8) is 0 Å². The Labute approximate surface area is 211 Å². The van der Waals surface area contributed by atoms with E-state index in [-0.39, 0.29) is 53.4 Å². The van der Waals surface area contributed by atoms with Crippen LogP contribution in [0.2, 0.25) is 0 Å². The quantitative estimate of drug-likeness (QED) is 0.296. The number of benzene rings is 2. The van der Waals surface area contributed by atoms with E-state index in [1.807, 2.05) is 13.8 Å². The smallest absolute Gasteiger partial charge is 0.338 e. The van der Waals surface area contributed by atoms with Crippen molar-refractivity contribution in [2.75, 3.05) is 31.7 Å². The lowest BCUT2D eigenvalue weighted by molar-refractivity contribution is 0.0600. The van der Waals surface area contributed by atoms with E-state index in [9.17, 15) is 18.7 Å². The van der Waals surface area contributed by atoms with E-state index in [1.54, 1.807) is 42.6 Å². The van der Waals surface area contributed by atoms with Gasteiger partial charge in [-0.2, -0.15) is 0 Å². The number of anilines is 2. The minimum atomic E-state index is -2.88. The molecule has 3 aromatic rings. The first-order valence-electron chi connectivity index (χ1n) is 11.0. The normalized spacial score (nSPS) is 11.6. The fraction of sp³-hybridized carbons (Fsp3) is 0.280. The number of esters is 1. The summed E-state index contributed by atoms with van der Waals surface area (Å²) in [6.45, 7) is 3.50. The van der Waals surface area contributed by atoms with Crippen LogP contribution in [0.1, 0.15) is 35.7 Å². The molecule has 10 nitrogen and oxygen atoms in total. The molecule has 0 amide bonds. The zero-order chi connectivity index (χ0) is 26.2. The highest BCUT2D eigenvalue weighted by Crippen LogP contribution is 2.46. The van der Waals surface area contributed by atoms with Gasteiger partial charge >= 0.3 is 5.97 Å². The summed E-state index contributed by atoms with van der Waals surface area (Å²) in [6.07, 6.45) is 1.58. The zero-order valence-corrected chi connectivity index (χ0v) is 21.1. The topological polar surface area (TPSA) is 130 Å². The van der Waals surface area contributed by atoms with Crippen molar-refractivity contribution in [2.24, 2.45) is 0 Å². The summed E-state index contributed by atoms with van der Waals surface area (Å²) in [5, 5.41) is 9.33.